The van der Waals surface area contributed by atoms with E-state index in [0.717, 1.165) is 0 Å². The van der Waals surface area contributed by atoms with Gasteiger partial charge in [0, 0.05) is 12.4 Å². The molecule has 1 heterocycles. The second-order valence-corrected chi connectivity index (χ2v) is 5.43. The van der Waals surface area contributed by atoms with Crippen LogP contribution in [0.4, 0.5) is 0 Å². The lowest BCUT2D eigenvalue weighted by Gasteiger charge is -2.06. The molecule has 1 unspecified atom stereocenters. The lowest BCUT2D eigenvalue weighted by molar-refractivity contribution is 0.0697. The normalized spacial score (nSPS) is 13.8. The average Bonchev–Trinajstić information content (AvgIpc) is 2.40. The van der Waals surface area contributed by atoms with Crippen molar-refractivity contribution in [1.82, 2.24) is 9.97 Å². The maximum atomic E-state index is 12.3. The van der Waals surface area contributed by atoms with E-state index in [4.69, 9.17) is 9.89 Å². The third-order valence-corrected chi connectivity index (χ3v) is 4.00. The summed E-state index contributed by atoms with van der Waals surface area (Å²) in [6.07, 6.45) is 4.04. The molecule has 2 aromatic rings. The fourth-order valence-electron chi connectivity index (χ4n) is 1.34. The second kappa shape index (κ2) is 4.53. The Hall–Kier alpha value is -2.28. The number of hydrogen-bond acceptors (Lipinski definition) is 5. The molecular weight excluding hydrogens is 254 g/mol. The summed E-state index contributed by atoms with van der Waals surface area (Å²) in [6.45, 7) is 0. The van der Waals surface area contributed by atoms with Crippen LogP contribution in [-0.2, 0) is 9.73 Å². The number of hydrogen-bond donors (Lipinski definition) is 2. The van der Waals surface area contributed by atoms with Crippen molar-refractivity contribution in [3.8, 4) is 0 Å². The van der Waals surface area contributed by atoms with Gasteiger partial charge < -0.3 is 5.11 Å². The quantitative estimate of drug-likeness (QED) is 0.875. The number of aromatic carboxylic acids is 1. The van der Waals surface area contributed by atoms with Crippen molar-refractivity contribution in [2.24, 2.45) is 0 Å². The Morgan fingerprint density at radius 3 is 2.39 bits per heavy atom. The van der Waals surface area contributed by atoms with E-state index >= 15 is 0 Å². The van der Waals surface area contributed by atoms with Gasteiger partial charge >= 0.3 is 5.97 Å². The predicted octanol–water partition coefficient (Wildman–Crippen LogP) is 1.64. The molecule has 0 aliphatic rings. The smallest absolute Gasteiger partial charge is 0.335 e. The predicted molar refractivity (Wildman–Crippen MR) is 62.8 cm³/mol. The van der Waals surface area contributed by atoms with Crippen molar-refractivity contribution < 1.29 is 14.1 Å². The first-order valence-corrected chi connectivity index (χ1v) is 6.46. The van der Waals surface area contributed by atoms with Crippen molar-refractivity contribution in [2.75, 3.05) is 0 Å². The molecule has 2 N–H and O–H groups in total. The van der Waals surface area contributed by atoms with Gasteiger partial charge in [0.05, 0.1) is 16.7 Å². The maximum absolute atomic E-state index is 12.3. The molecule has 0 saturated carbocycles. The number of carboxylic acids is 1. The fourth-order valence-corrected chi connectivity index (χ4v) is 2.52. The first kappa shape index (κ1) is 12.2. The van der Waals surface area contributed by atoms with E-state index in [-0.39, 0.29) is 15.5 Å². The lowest BCUT2D eigenvalue weighted by atomic mass is 10.2. The third-order valence-electron chi connectivity index (χ3n) is 2.27. The van der Waals surface area contributed by atoms with Gasteiger partial charge in [0.1, 0.15) is 9.73 Å². The number of rotatable bonds is 3. The van der Waals surface area contributed by atoms with Crippen molar-refractivity contribution in [3.05, 3.63) is 48.4 Å². The van der Waals surface area contributed by atoms with E-state index in [1.165, 1.54) is 42.9 Å². The molecule has 1 aromatic carbocycles. The van der Waals surface area contributed by atoms with E-state index in [1.54, 1.807) is 0 Å². The van der Waals surface area contributed by atoms with Gasteiger partial charge in [-0.3, -0.25) is 4.98 Å². The first-order chi connectivity index (χ1) is 8.51. The topological polar surface area (TPSA) is 104 Å². The van der Waals surface area contributed by atoms with Crippen LogP contribution in [0.2, 0.25) is 0 Å². The Balaban J connectivity index is 2.46. The van der Waals surface area contributed by atoms with Gasteiger partial charge in [0.15, 0.2) is 5.03 Å². The highest BCUT2D eigenvalue weighted by atomic mass is 32.2. The summed E-state index contributed by atoms with van der Waals surface area (Å²) in [5.41, 5.74) is 0.0769. The van der Waals surface area contributed by atoms with E-state index in [1.807, 2.05) is 0 Å². The highest BCUT2D eigenvalue weighted by Gasteiger charge is 2.15. The molecule has 18 heavy (non-hydrogen) atoms. The molecule has 0 radical (unpaired) electrons. The SMILES string of the molecule is N=S(=O)(c1ccc(C(=O)O)cc1)c1cnccn1. The summed E-state index contributed by atoms with van der Waals surface area (Å²) < 4.78 is 20.2. The molecule has 0 amide bonds. The molecule has 7 heteroatoms. The van der Waals surface area contributed by atoms with Gasteiger partial charge in [-0.1, -0.05) is 0 Å². The molecule has 1 atom stereocenters. The minimum Gasteiger partial charge on any atom is -0.478 e. The number of aromatic nitrogens is 2. The number of nitrogens with one attached hydrogen (secondary N) is 1. The first-order valence-electron chi connectivity index (χ1n) is 4.90. The summed E-state index contributed by atoms with van der Waals surface area (Å²) in [5.74, 6) is -1.07. The molecule has 0 fully saturated rings. The van der Waals surface area contributed by atoms with Crippen LogP contribution in [0.1, 0.15) is 10.4 Å². The second-order valence-electron chi connectivity index (χ2n) is 3.43. The Kier molecular flexibility index (Phi) is 3.07. The van der Waals surface area contributed by atoms with Gasteiger partial charge in [-0.05, 0) is 24.3 Å². The maximum Gasteiger partial charge on any atom is 0.335 e. The van der Waals surface area contributed by atoms with Crippen LogP contribution in [-0.4, -0.2) is 25.3 Å². The Morgan fingerprint density at radius 2 is 1.89 bits per heavy atom. The van der Waals surface area contributed by atoms with Crippen LogP contribution in [0.15, 0.2) is 52.8 Å². The van der Waals surface area contributed by atoms with Crippen LogP contribution in [0.3, 0.4) is 0 Å². The average molecular weight is 263 g/mol. The van der Waals surface area contributed by atoms with Gasteiger partial charge in [0.2, 0.25) is 0 Å². The van der Waals surface area contributed by atoms with Gasteiger partial charge in [-0.25, -0.2) is 18.8 Å². The van der Waals surface area contributed by atoms with Gasteiger partial charge in [0.25, 0.3) is 0 Å². The van der Waals surface area contributed by atoms with Gasteiger partial charge in [-0.15, -0.1) is 0 Å². The Bertz CT molecular complexity index is 666. The molecule has 0 saturated heterocycles. The lowest BCUT2D eigenvalue weighted by Crippen LogP contribution is -2.04. The number of carboxylic acid groups (broad SMARTS) is 1. The van der Waals surface area contributed by atoms with Crippen molar-refractivity contribution >= 4 is 15.7 Å². The summed E-state index contributed by atoms with van der Waals surface area (Å²) in [6, 6.07) is 5.32. The number of benzene rings is 1. The largest absolute Gasteiger partial charge is 0.478 e. The molecule has 0 spiro atoms. The van der Waals surface area contributed by atoms with E-state index in [0.29, 0.717) is 0 Å². The molecule has 0 aliphatic carbocycles. The summed E-state index contributed by atoms with van der Waals surface area (Å²) in [7, 11) is -3.25. The van der Waals surface area contributed by atoms with E-state index in [9.17, 15) is 9.00 Å². The summed E-state index contributed by atoms with van der Waals surface area (Å²) in [4.78, 5) is 18.5. The number of carbonyl (C=O) groups is 1. The molecule has 92 valence electrons. The van der Waals surface area contributed by atoms with Crippen LogP contribution in [0.5, 0.6) is 0 Å². The highest BCUT2D eigenvalue weighted by Crippen LogP contribution is 2.19. The summed E-state index contributed by atoms with van der Waals surface area (Å²) >= 11 is 0. The Morgan fingerprint density at radius 1 is 1.22 bits per heavy atom. The zero-order valence-corrected chi connectivity index (χ0v) is 9.92. The highest BCUT2D eigenvalue weighted by molar-refractivity contribution is 7.92. The molecule has 0 aliphatic heterocycles. The zero-order valence-electron chi connectivity index (χ0n) is 9.11. The standard InChI is InChI=1S/C11H9N3O3S/c12-18(17,10-7-13-5-6-14-10)9-3-1-8(2-4-9)11(15)16/h1-7,12H,(H,15,16). The molecule has 2 rings (SSSR count). The minimum absolute atomic E-state index is 0.0491. The van der Waals surface area contributed by atoms with Crippen molar-refractivity contribution in [1.29, 1.82) is 4.78 Å². The van der Waals surface area contributed by atoms with Crippen LogP contribution in [0, 0.1) is 4.78 Å². The zero-order chi connectivity index (χ0) is 13.2. The molecule has 1 aromatic heterocycles. The fraction of sp³-hybridized carbons (Fsp3) is 0. The van der Waals surface area contributed by atoms with Crippen LogP contribution in [0.25, 0.3) is 0 Å². The van der Waals surface area contributed by atoms with E-state index in [2.05, 4.69) is 9.97 Å². The molecule has 0 bridgehead atoms. The Labute approximate surface area is 103 Å². The monoisotopic (exact) mass is 263 g/mol. The van der Waals surface area contributed by atoms with Crippen molar-refractivity contribution in [3.63, 3.8) is 0 Å². The summed E-state index contributed by atoms with van der Waals surface area (Å²) in [5, 5.41) is 8.80. The number of nitrogens with zero attached hydrogens (tertiary/aromatic N) is 2. The third kappa shape index (κ3) is 2.21. The van der Waals surface area contributed by atoms with Crippen LogP contribution >= 0.6 is 0 Å². The van der Waals surface area contributed by atoms with Gasteiger partial charge in [-0.2, -0.15) is 0 Å². The molecular formula is C11H9N3O3S. The minimum atomic E-state index is -3.25. The molecule has 6 nitrogen and oxygen atoms in total. The van der Waals surface area contributed by atoms with Crippen LogP contribution < -0.4 is 0 Å². The van der Waals surface area contributed by atoms with E-state index < -0.39 is 15.7 Å². The van der Waals surface area contributed by atoms with Crippen molar-refractivity contribution in [2.45, 2.75) is 9.92 Å².